The van der Waals surface area contributed by atoms with Gasteiger partial charge in [-0.2, -0.15) is 0 Å². The van der Waals surface area contributed by atoms with Gasteiger partial charge in [-0.3, -0.25) is 10.1 Å². The van der Waals surface area contributed by atoms with Gasteiger partial charge < -0.3 is 9.84 Å². The van der Waals surface area contributed by atoms with Gasteiger partial charge in [0.25, 0.3) is 0 Å². The van der Waals surface area contributed by atoms with Crippen molar-refractivity contribution in [3.05, 3.63) is 47.7 Å². The van der Waals surface area contributed by atoms with E-state index in [-0.39, 0.29) is 23.9 Å². The molecule has 130 valence electrons. The zero-order valence-electron chi connectivity index (χ0n) is 15.1. The Kier molecular flexibility index (Phi) is 5.78. The number of hydrogen-bond acceptors (Lipinski definition) is 4. The molecule has 0 aliphatic heterocycles. The molecule has 0 unspecified atom stereocenters. The summed E-state index contributed by atoms with van der Waals surface area (Å²) in [5.41, 5.74) is 1.88. The van der Waals surface area contributed by atoms with Crippen LogP contribution < -0.4 is 10.6 Å². The van der Waals surface area contributed by atoms with Crippen LogP contribution in [-0.4, -0.2) is 17.6 Å². The summed E-state index contributed by atoms with van der Waals surface area (Å²) in [5, 5.41) is 10.1. The van der Waals surface area contributed by atoms with Crippen molar-refractivity contribution in [2.45, 2.75) is 46.1 Å². The van der Waals surface area contributed by atoms with Crippen molar-refractivity contribution in [1.29, 1.82) is 0 Å². The number of anilines is 1. The molecular formula is C19H27N3O2. The Balaban J connectivity index is 1.93. The lowest BCUT2D eigenvalue weighted by Crippen LogP contribution is -2.33. The van der Waals surface area contributed by atoms with E-state index in [2.05, 4.69) is 41.8 Å². The number of rotatable bonds is 6. The van der Waals surface area contributed by atoms with Crippen molar-refractivity contribution in [3.8, 4) is 0 Å². The Hall–Kier alpha value is -2.14. The highest BCUT2D eigenvalue weighted by molar-refractivity contribution is 5.91. The van der Waals surface area contributed by atoms with Gasteiger partial charge in [0.05, 0.1) is 12.2 Å². The van der Waals surface area contributed by atoms with Crippen molar-refractivity contribution in [1.82, 2.24) is 10.5 Å². The van der Waals surface area contributed by atoms with Crippen LogP contribution >= 0.6 is 0 Å². The normalized spacial score (nSPS) is 13.1. The van der Waals surface area contributed by atoms with Crippen LogP contribution in [0, 0.1) is 5.92 Å². The average Bonchev–Trinajstić information content (AvgIpc) is 2.97. The Morgan fingerprint density at radius 3 is 2.42 bits per heavy atom. The molecule has 0 saturated heterocycles. The van der Waals surface area contributed by atoms with E-state index < -0.39 is 0 Å². The van der Waals surface area contributed by atoms with Gasteiger partial charge in [0.1, 0.15) is 0 Å². The second-order valence-corrected chi connectivity index (χ2v) is 7.39. The standard InChI is InChI=1S/C19H27N3O2/c1-13(2)18(14-9-7-6-8-10-14)20-12-16(23)21-17-11-15(22-24-17)19(3,4)5/h6-11,13,18,20H,12H2,1-5H3,(H,21,23)/t18-/m0/s1. The molecule has 0 bridgehead atoms. The summed E-state index contributed by atoms with van der Waals surface area (Å²) in [5.74, 6) is 0.610. The highest BCUT2D eigenvalue weighted by Crippen LogP contribution is 2.24. The molecule has 0 fully saturated rings. The second kappa shape index (κ2) is 7.62. The minimum Gasteiger partial charge on any atom is -0.338 e. The van der Waals surface area contributed by atoms with Gasteiger partial charge >= 0.3 is 0 Å². The molecule has 0 saturated carbocycles. The summed E-state index contributed by atoms with van der Waals surface area (Å²) in [4.78, 5) is 12.2. The van der Waals surface area contributed by atoms with Crippen LogP contribution in [0.4, 0.5) is 5.88 Å². The van der Waals surface area contributed by atoms with E-state index in [0.29, 0.717) is 11.8 Å². The van der Waals surface area contributed by atoms with Crippen molar-refractivity contribution in [3.63, 3.8) is 0 Å². The van der Waals surface area contributed by atoms with E-state index >= 15 is 0 Å². The van der Waals surface area contributed by atoms with Gasteiger partial charge in [-0.15, -0.1) is 0 Å². The first-order valence-corrected chi connectivity index (χ1v) is 8.32. The van der Waals surface area contributed by atoms with Gasteiger partial charge in [-0.25, -0.2) is 0 Å². The van der Waals surface area contributed by atoms with Gasteiger partial charge in [0.15, 0.2) is 0 Å². The largest absolute Gasteiger partial charge is 0.338 e. The molecular weight excluding hydrogens is 302 g/mol. The minimum atomic E-state index is -0.145. The first-order valence-electron chi connectivity index (χ1n) is 8.32. The van der Waals surface area contributed by atoms with E-state index in [1.54, 1.807) is 6.07 Å². The third kappa shape index (κ3) is 4.93. The average molecular weight is 329 g/mol. The van der Waals surface area contributed by atoms with Gasteiger partial charge in [0.2, 0.25) is 11.8 Å². The first-order chi connectivity index (χ1) is 11.3. The van der Waals surface area contributed by atoms with Crippen LogP contribution in [0.2, 0.25) is 0 Å². The minimum absolute atomic E-state index is 0.110. The topological polar surface area (TPSA) is 67.2 Å². The Bertz CT molecular complexity index is 657. The van der Waals surface area contributed by atoms with Crippen molar-refractivity contribution in [2.24, 2.45) is 5.92 Å². The highest BCUT2D eigenvalue weighted by atomic mass is 16.5. The van der Waals surface area contributed by atoms with Crippen molar-refractivity contribution in [2.75, 3.05) is 11.9 Å². The molecule has 0 aliphatic carbocycles. The molecule has 2 aromatic rings. The summed E-state index contributed by atoms with van der Waals surface area (Å²) < 4.78 is 5.19. The maximum absolute atomic E-state index is 12.2. The number of carbonyl (C=O) groups is 1. The third-order valence-corrected chi connectivity index (χ3v) is 3.85. The van der Waals surface area contributed by atoms with E-state index in [0.717, 1.165) is 5.69 Å². The van der Waals surface area contributed by atoms with Gasteiger partial charge in [0, 0.05) is 17.5 Å². The maximum atomic E-state index is 12.2. The Labute approximate surface area is 143 Å². The quantitative estimate of drug-likeness (QED) is 0.843. The van der Waals surface area contributed by atoms with Gasteiger partial charge in [-0.05, 0) is 11.5 Å². The lowest BCUT2D eigenvalue weighted by Gasteiger charge is -2.22. The third-order valence-electron chi connectivity index (χ3n) is 3.85. The second-order valence-electron chi connectivity index (χ2n) is 7.39. The number of carbonyl (C=O) groups excluding carboxylic acids is 1. The summed E-state index contributed by atoms with van der Waals surface area (Å²) in [6.07, 6.45) is 0. The smallest absolute Gasteiger partial charge is 0.240 e. The number of hydrogen-bond donors (Lipinski definition) is 2. The van der Waals surface area contributed by atoms with E-state index in [9.17, 15) is 4.79 Å². The fourth-order valence-corrected chi connectivity index (χ4v) is 2.47. The summed E-state index contributed by atoms with van der Waals surface area (Å²) >= 11 is 0. The molecule has 1 aromatic carbocycles. The molecule has 0 aliphatic rings. The monoisotopic (exact) mass is 329 g/mol. The lowest BCUT2D eigenvalue weighted by molar-refractivity contribution is -0.115. The SMILES string of the molecule is CC(C)[C@H](NCC(=O)Nc1cc(C(C)(C)C)no1)c1ccccc1. The number of amides is 1. The lowest BCUT2D eigenvalue weighted by atomic mass is 9.92. The van der Waals surface area contributed by atoms with Crippen molar-refractivity contribution < 1.29 is 9.32 Å². The van der Waals surface area contributed by atoms with Crippen LogP contribution in [-0.2, 0) is 10.2 Å². The molecule has 1 heterocycles. The predicted octanol–water partition coefficient (Wildman–Crippen LogP) is 3.90. The number of nitrogens with zero attached hydrogens (tertiary/aromatic N) is 1. The molecule has 1 aromatic heterocycles. The molecule has 1 amide bonds. The van der Waals surface area contributed by atoms with Crippen LogP contribution in [0.1, 0.15) is 51.9 Å². The van der Waals surface area contributed by atoms with Crippen LogP contribution in [0.25, 0.3) is 0 Å². The number of nitrogens with one attached hydrogen (secondary N) is 2. The van der Waals surface area contributed by atoms with Crippen LogP contribution in [0.3, 0.4) is 0 Å². The summed E-state index contributed by atoms with van der Waals surface area (Å²) in [6, 6.07) is 12.0. The molecule has 2 N–H and O–H groups in total. The van der Waals surface area contributed by atoms with E-state index in [4.69, 9.17) is 4.52 Å². The van der Waals surface area contributed by atoms with Crippen LogP contribution in [0.5, 0.6) is 0 Å². The van der Waals surface area contributed by atoms with Crippen LogP contribution in [0.15, 0.2) is 40.9 Å². The molecule has 24 heavy (non-hydrogen) atoms. The van der Waals surface area contributed by atoms with E-state index in [1.807, 2.05) is 39.0 Å². The summed E-state index contributed by atoms with van der Waals surface area (Å²) in [6.45, 7) is 10.6. The Morgan fingerprint density at radius 2 is 1.88 bits per heavy atom. The Morgan fingerprint density at radius 1 is 1.21 bits per heavy atom. The fraction of sp³-hybridized carbons (Fsp3) is 0.474. The molecule has 5 heteroatoms. The molecule has 0 radical (unpaired) electrons. The zero-order chi connectivity index (χ0) is 17.7. The molecule has 0 spiro atoms. The molecule has 2 rings (SSSR count). The maximum Gasteiger partial charge on any atom is 0.240 e. The van der Waals surface area contributed by atoms with Gasteiger partial charge in [-0.1, -0.05) is 70.1 Å². The molecule has 1 atom stereocenters. The summed E-state index contributed by atoms with van der Waals surface area (Å²) in [7, 11) is 0. The zero-order valence-corrected chi connectivity index (χ0v) is 15.1. The first kappa shape index (κ1) is 18.2. The van der Waals surface area contributed by atoms with E-state index in [1.165, 1.54) is 5.56 Å². The van der Waals surface area contributed by atoms with Crippen molar-refractivity contribution >= 4 is 11.8 Å². The number of aromatic nitrogens is 1. The predicted molar refractivity (Wildman–Crippen MR) is 95.9 cm³/mol. The highest BCUT2D eigenvalue weighted by Gasteiger charge is 2.20. The molecule has 5 nitrogen and oxygen atoms in total. The fourth-order valence-electron chi connectivity index (χ4n) is 2.47. The number of benzene rings is 1.